The summed E-state index contributed by atoms with van der Waals surface area (Å²) in [6, 6.07) is 11.2. The fourth-order valence-electron chi connectivity index (χ4n) is 2.23. The summed E-state index contributed by atoms with van der Waals surface area (Å²) in [7, 11) is 2.74. The molecule has 0 saturated heterocycles. The maximum absolute atomic E-state index is 12.8. The third kappa shape index (κ3) is 5.07. The summed E-state index contributed by atoms with van der Waals surface area (Å²) < 4.78 is 9.68. The van der Waals surface area contributed by atoms with Gasteiger partial charge in [-0.05, 0) is 42.5 Å². The molecule has 26 heavy (non-hydrogen) atoms. The van der Waals surface area contributed by atoms with Crippen LogP contribution in [0, 0.1) is 0 Å². The molecule has 2 aromatic carbocycles. The maximum Gasteiger partial charge on any atom is 0.306 e. The van der Waals surface area contributed by atoms with Crippen LogP contribution in [0.2, 0.25) is 5.02 Å². The van der Waals surface area contributed by atoms with Crippen LogP contribution >= 0.6 is 11.6 Å². The SMILES string of the molecule is COC(=O)CCC(=O)Nc1ccc(OC)cc1C(=O)c1ccc(Cl)cc1. The molecule has 0 fully saturated rings. The van der Waals surface area contributed by atoms with E-state index in [2.05, 4.69) is 10.1 Å². The number of amides is 1. The highest BCUT2D eigenvalue weighted by Crippen LogP contribution is 2.25. The van der Waals surface area contributed by atoms with Crippen molar-refractivity contribution >= 4 is 34.9 Å². The fourth-order valence-corrected chi connectivity index (χ4v) is 2.36. The summed E-state index contributed by atoms with van der Waals surface area (Å²) in [6.45, 7) is 0. The molecule has 0 aliphatic carbocycles. The summed E-state index contributed by atoms with van der Waals surface area (Å²) in [4.78, 5) is 36.0. The lowest BCUT2D eigenvalue weighted by molar-refractivity contribution is -0.141. The van der Waals surface area contributed by atoms with Crippen molar-refractivity contribution in [2.24, 2.45) is 0 Å². The largest absolute Gasteiger partial charge is 0.497 e. The van der Waals surface area contributed by atoms with Gasteiger partial charge < -0.3 is 14.8 Å². The van der Waals surface area contributed by atoms with E-state index in [0.717, 1.165) is 0 Å². The van der Waals surface area contributed by atoms with Crippen molar-refractivity contribution in [1.29, 1.82) is 0 Å². The van der Waals surface area contributed by atoms with Gasteiger partial charge in [0.1, 0.15) is 5.75 Å². The zero-order chi connectivity index (χ0) is 19.1. The van der Waals surface area contributed by atoms with E-state index < -0.39 is 11.9 Å². The zero-order valence-corrected chi connectivity index (χ0v) is 15.1. The van der Waals surface area contributed by atoms with E-state index >= 15 is 0 Å². The smallest absolute Gasteiger partial charge is 0.306 e. The second-order valence-electron chi connectivity index (χ2n) is 5.37. The normalized spacial score (nSPS) is 10.1. The lowest BCUT2D eigenvalue weighted by atomic mass is 10.0. The van der Waals surface area contributed by atoms with Crippen LogP contribution in [-0.4, -0.2) is 31.9 Å². The first-order valence-electron chi connectivity index (χ1n) is 7.79. The molecule has 7 heteroatoms. The van der Waals surface area contributed by atoms with Crippen LogP contribution in [0.5, 0.6) is 5.75 Å². The Balaban J connectivity index is 2.26. The Kier molecular flexibility index (Phi) is 6.74. The Bertz CT molecular complexity index is 817. The Morgan fingerprint density at radius 1 is 1.00 bits per heavy atom. The summed E-state index contributed by atoms with van der Waals surface area (Å²) >= 11 is 5.86. The van der Waals surface area contributed by atoms with Gasteiger partial charge in [-0.25, -0.2) is 0 Å². The van der Waals surface area contributed by atoms with Crippen molar-refractivity contribution in [2.75, 3.05) is 19.5 Å². The van der Waals surface area contributed by atoms with Crippen LogP contribution in [0.1, 0.15) is 28.8 Å². The van der Waals surface area contributed by atoms with Gasteiger partial charge in [0.15, 0.2) is 5.78 Å². The monoisotopic (exact) mass is 375 g/mol. The van der Waals surface area contributed by atoms with E-state index in [1.54, 1.807) is 42.5 Å². The number of esters is 1. The number of ether oxygens (including phenoxy) is 2. The van der Waals surface area contributed by atoms with Gasteiger partial charge in [-0.15, -0.1) is 0 Å². The van der Waals surface area contributed by atoms with Crippen molar-refractivity contribution in [3.05, 3.63) is 58.6 Å². The van der Waals surface area contributed by atoms with Gasteiger partial charge in [-0.1, -0.05) is 11.6 Å². The molecule has 136 valence electrons. The standard InChI is InChI=1S/C19H18ClNO5/c1-25-14-7-8-16(21-17(22)9-10-18(23)26-2)15(11-14)19(24)12-3-5-13(20)6-4-12/h3-8,11H,9-10H2,1-2H3,(H,21,22). The molecule has 0 saturated carbocycles. The molecule has 6 nitrogen and oxygen atoms in total. The molecule has 0 bridgehead atoms. The van der Waals surface area contributed by atoms with E-state index in [-0.39, 0.29) is 24.2 Å². The first-order chi connectivity index (χ1) is 12.4. The Morgan fingerprint density at radius 3 is 2.31 bits per heavy atom. The number of benzene rings is 2. The molecule has 0 atom stereocenters. The highest BCUT2D eigenvalue weighted by molar-refractivity contribution is 6.30. The number of ketones is 1. The number of hydrogen-bond donors (Lipinski definition) is 1. The molecule has 2 rings (SSSR count). The van der Waals surface area contributed by atoms with Gasteiger partial charge >= 0.3 is 5.97 Å². The number of carbonyl (C=O) groups is 3. The minimum Gasteiger partial charge on any atom is -0.497 e. The first-order valence-corrected chi connectivity index (χ1v) is 8.17. The van der Waals surface area contributed by atoms with Crippen molar-refractivity contribution < 1.29 is 23.9 Å². The van der Waals surface area contributed by atoms with Crippen LogP contribution in [0.15, 0.2) is 42.5 Å². The van der Waals surface area contributed by atoms with E-state index in [0.29, 0.717) is 22.0 Å². The van der Waals surface area contributed by atoms with Crippen molar-refractivity contribution in [1.82, 2.24) is 0 Å². The quantitative estimate of drug-likeness (QED) is 0.592. The molecule has 0 aliphatic heterocycles. The molecule has 0 aromatic heterocycles. The second-order valence-corrected chi connectivity index (χ2v) is 5.81. The highest BCUT2D eigenvalue weighted by Gasteiger charge is 2.17. The number of halogens is 1. The van der Waals surface area contributed by atoms with E-state index in [1.807, 2.05) is 0 Å². The molecule has 0 radical (unpaired) electrons. The van der Waals surface area contributed by atoms with Crippen molar-refractivity contribution in [2.45, 2.75) is 12.8 Å². The molecule has 1 N–H and O–H groups in total. The number of anilines is 1. The molecule has 0 aliphatic rings. The second kappa shape index (κ2) is 9.01. The van der Waals surface area contributed by atoms with E-state index in [9.17, 15) is 14.4 Å². The molecule has 0 spiro atoms. The molecule has 1 amide bonds. The third-order valence-electron chi connectivity index (χ3n) is 3.64. The summed E-state index contributed by atoms with van der Waals surface area (Å²) in [6.07, 6.45) is -0.0910. The van der Waals surface area contributed by atoms with E-state index in [1.165, 1.54) is 14.2 Å². The average Bonchev–Trinajstić information content (AvgIpc) is 2.66. The van der Waals surface area contributed by atoms with Crippen LogP contribution in [-0.2, 0) is 14.3 Å². The Hall–Kier alpha value is -2.86. The van der Waals surface area contributed by atoms with Gasteiger partial charge in [0.25, 0.3) is 0 Å². The Labute approximate surface area is 156 Å². The summed E-state index contributed by atoms with van der Waals surface area (Å²) in [5, 5.41) is 3.17. The number of hydrogen-bond acceptors (Lipinski definition) is 5. The van der Waals surface area contributed by atoms with Crippen molar-refractivity contribution in [3.8, 4) is 5.75 Å². The molecule has 0 heterocycles. The van der Waals surface area contributed by atoms with Gasteiger partial charge in [-0.2, -0.15) is 0 Å². The number of methoxy groups -OCH3 is 2. The van der Waals surface area contributed by atoms with Crippen LogP contribution in [0.4, 0.5) is 5.69 Å². The number of carbonyl (C=O) groups excluding carboxylic acids is 3. The topological polar surface area (TPSA) is 81.7 Å². The molecular formula is C19H18ClNO5. The third-order valence-corrected chi connectivity index (χ3v) is 3.89. The van der Waals surface area contributed by atoms with Crippen LogP contribution in [0.3, 0.4) is 0 Å². The first kappa shape index (κ1) is 19.5. The highest BCUT2D eigenvalue weighted by atomic mass is 35.5. The molecule has 2 aromatic rings. The molecular weight excluding hydrogens is 358 g/mol. The van der Waals surface area contributed by atoms with Crippen LogP contribution in [0.25, 0.3) is 0 Å². The number of nitrogens with one attached hydrogen (secondary N) is 1. The minimum atomic E-state index is -0.479. The zero-order valence-electron chi connectivity index (χ0n) is 14.4. The lowest BCUT2D eigenvalue weighted by Crippen LogP contribution is -2.16. The predicted molar refractivity (Wildman–Crippen MR) is 97.8 cm³/mol. The minimum absolute atomic E-state index is 0.0427. The average molecular weight is 376 g/mol. The predicted octanol–water partition coefficient (Wildman–Crippen LogP) is 3.47. The molecule has 0 unspecified atom stereocenters. The summed E-state index contributed by atoms with van der Waals surface area (Å²) in [5.74, 6) is -0.684. The maximum atomic E-state index is 12.8. The Morgan fingerprint density at radius 2 is 1.69 bits per heavy atom. The van der Waals surface area contributed by atoms with Crippen LogP contribution < -0.4 is 10.1 Å². The van der Waals surface area contributed by atoms with Gasteiger partial charge in [0.2, 0.25) is 5.91 Å². The fraction of sp³-hybridized carbons (Fsp3) is 0.211. The van der Waals surface area contributed by atoms with Gasteiger partial charge in [0.05, 0.1) is 26.3 Å². The van der Waals surface area contributed by atoms with Gasteiger partial charge in [-0.3, -0.25) is 14.4 Å². The lowest BCUT2D eigenvalue weighted by Gasteiger charge is -2.12. The van der Waals surface area contributed by atoms with E-state index in [4.69, 9.17) is 16.3 Å². The number of rotatable bonds is 7. The van der Waals surface area contributed by atoms with Crippen molar-refractivity contribution in [3.63, 3.8) is 0 Å². The van der Waals surface area contributed by atoms with Gasteiger partial charge in [0, 0.05) is 22.6 Å². The summed E-state index contributed by atoms with van der Waals surface area (Å²) in [5.41, 5.74) is 1.03.